The Labute approximate surface area is 100 Å². The van der Waals surface area contributed by atoms with E-state index >= 15 is 0 Å². The minimum atomic E-state index is 0.567. The van der Waals surface area contributed by atoms with E-state index < -0.39 is 0 Å². The molecule has 0 saturated heterocycles. The van der Waals surface area contributed by atoms with E-state index in [9.17, 15) is 0 Å². The molecule has 1 heterocycles. The quantitative estimate of drug-likeness (QED) is 0.858. The number of aromatic nitrogens is 1. The second-order valence-corrected chi connectivity index (χ2v) is 3.63. The molecule has 2 rings (SSSR count). The SMILES string of the molecule is CCOc1ccc(-c2ncc(CCN)o2)cc1. The smallest absolute Gasteiger partial charge is 0.226 e. The van der Waals surface area contributed by atoms with Crippen molar-refractivity contribution in [2.45, 2.75) is 13.3 Å². The standard InChI is InChI=1S/C13H16N2O2/c1-2-16-11-5-3-10(4-6-11)13-15-9-12(17-13)7-8-14/h3-6,9H,2,7-8,14H2,1H3. The molecule has 1 aromatic carbocycles. The topological polar surface area (TPSA) is 61.3 Å². The van der Waals surface area contributed by atoms with Crippen LogP contribution in [0, 0.1) is 0 Å². The number of nitrogens with two attached hydrogens (primary N) is 1. The lowest BCUT2D eigenvalue weighted by Gasteiger charge is -2.02. The minimum absolute atomic E-state index is 0.567. The Hall–Kier alpha value is -1.81. The van der Waals surface area contributed by atoms with Gasteiger partial charge in [-0.25, -0.2) is 4.98 Å². The van der Waals surface area contributed by atoms with E-state index in [0.717, 1.165) is 17.1 Å². The first kappa shape index (κ1) is 11.7. The third kappa shape index (κ3) is 2.85. The van der Waals surface area contributed by atoms with Crippen LogP contribution < -0.4 is 10.5 Å². The summed E-state index contributed by atoms with van der Waals surface area (Å²) < 4.78 is 11.0. The predicted molar refractivity (Wildman–Crippen MR) is 65.9 cm³/mol. The van der Waals surface area contributed by atoms with Gasteiger partial charge in [-0.05, 0) is 37.7 Å². The van der Waals surface area contributed by atoms with E-state index in [2.05, 4.69) is 4.98 Å². The number of nitrogens with zero attached hydrogens (tertiary/aromatic N) is 1. The zero-order valence-electron chi connectivity index (χ0n) is 9.85. The Balaban J connectivity index is 2.15. The summed E-state index contributed by atoms with van der Waals surface area (Å²) in [6.07, 6.45) is 2.43. The average Bonchev–Trinajstić information content (AvgIpc) is 2.80. The molecule has 0 unspecified atom stereocenters. The fourth-order valence-corrected chi connectivity index (χ4v) is 1.56. The number of oxazole rings is 1. The molecule has 2 aromatic rings. The summed E-state index contributed by atoms with van der Waals surface area (Å²) in [6, 6.07) is 7.68. The summed E-state index contributed by atoms with van der Waals surface area (Å²) in [5.74, 6) is 2.29. The summed E-state index contributed by atoms with van der Waals surface area (Å²) in [5.41, 5.74) is 6.40. The summed E-state index contributed by atoms with van der Waals surface area (Å²) in [7, 11) is 0. The molecule has 0 aliphatic heterocycles. The number of benzene rings is 1. The van der Waals surface area contributed by atoms with Crippen LogP contribution in [0.25, 0.3) is 11.5 Å². The van der Waals surface area contributed by atoms with Crippen LogP contribution in [-0.4, -0.2) is 18.1 Å². The Morgan fingerprint density at radius 2 is 2.06 bits per heavy atom. The highest BCUT2D eigenvalue weighted by Crippen LogP contribution is 2.22. The molecule has 0 spiro atoms. The van der Waals surface area contributed by atoms with E-state index in [0.29, 0.717) is 25.5 Å². The van der Waals surface area contributed by atoms with E-state index in [1.54, 1.807) is 6.20 Å². The van der Waals surface area contributed by atoms with Crippen LogP contribution in [0.2, 0.25) is 0 Å². The maximum absolute atomic E-state index is 5.58. The van der Waals surface area contributed by atoms with Crippen molar-refractivity contribution >= 4 is 0 Å². The van der Waals surface area contributed by atoms with Crippen molar-refractivity contribution in [1.82, 2.24) is 4.98 Å². The highest BCUT2D eigenvalue weighted by Gasteiger charge is 2.06. The summed E-state index contributed by atoms with van der Waals surface area (Å²) in [5, 5.41) is 0. The zero-order chi connectivity index (χ0) is 12.1. The lowest BCUT2D eigenvalue weighted by atomic mass is 10.2. The molecule has 2 N–H and O–H groups in total. The third-order valence-electron chi connectivity index (χ3n) is 2.36. The molecule has 4 heteroatoms. The van der Waals surface area contributed by atoms with Crippen molar-refractivity contribution in [1.29, 1.82) is 0 Å². The van der Waals surface area contributed by atoms with Gasteiger partial charge >= 0.3 is 0 Å². The molecule has 90 valence electrons. The summed E-state index contributed by atoms with van der Waals surface area (Å²) in [6.45, 7) is 3.19. The van der Waals surface area contributed by atoms with Crippen LogP contribution in [0.15, 0.2) is 34.9 Å². The first-order valence-corrected chi connectivity index (χ1v) is 5.71. The molecule has 1 aromatic heterocycles. The minimum Gasteiger partial charge on any atom is -0.494 e. The van der Waals surface area contributed by atoms with Crippen LogP contribution in [0.1, 0.15) is 12.7 Å². The van der Waals surface area contributed by atoms with Gasteiger partial charge in [-0.2, -0.15) is 0 Å². The van der Waals surface area contributed by atoms with E-state index in [1.165, 1.54) is 0 Å². The highest BCUT2D eigenvalue weighted by atomic mass is 16.5. The Kier molecular flexibility index (Phi) is 3.77. The first-order valence-electron chi connectivity index (χ1n) is 5.71. The van der Waals surface area contributed by atoms with Crippen molar-refractivity contribution in [2.24, 2.45) is 5.73 Å². The molecular weight excluding hydrogens is 216 g/mol. The second kappa shape index (κ2) is 5.50. The van der Waals surface area contributed by atoms with E-state index in [-0.39, 0.29) is 0 Å². The van der Waals surface area contributed by atoms with Crippen molar-refractivity contribution in [3.8, 4) is 17.2 Å². The Morgan fingerprint density at radius 1 is 1.29 bits per heavy atom. The van der Waals surface area contributed by atoms with Gasteiger partial charge in [0.25, 0.3) is 0 Å². The van der Waals surface area contributed by atoms with Crippen molar-refractivity contribution < 1.29 is 9.15 Å². The lowest BCUT2D eigenvalue weighted by Crippen LogP contribution is -2.01. The van der Waals surface area contributed by atoms with Gasteiger partial charge in [0, 0.05) is 12.0 Å². The molecule has 0 aliphatic carbocycles. The molecule has 4 nitrogen and oxygen atoms in total. The third-order valence-corrected chi connectivity index (χ3v) is 2.36. The number of rotatable bonds is 5. The number of ether oxygens (including phenoxy) is 1. The molecule has 0 bridgehead atoms. The van der Waals surface area contributed by atoms with Crippen LogP contribution in [0.5, 0.6) is 5.75 Å². The monoisotopic (exact) mass is 232 g/mol. The molecule has 0 atom stereocenters. The summed E-state index contributed by atoms with van der Waals surface area (Å²) >= 11 is 0. The largest absolute Gasteiger partial charge is 0.494 e. The van der Waals surface area contributed by atoms with Crippen molar-refractivity contribution in [3.05, 3.63) is 36.2 Å². The normalized spacial score (nSPS) is 10.5. The number of hydrogen-bond acceptors (Lipinski definition) is 4. The van der Waals surface area contributed by atoms with Crippen LogP contribution >= 0.6 is 0 Å². The second-order valence-electron chi connectivity index (χ2n) is 3.63. The van der Waals surface area contributed by atoms with Gasteiger partial charge in [-0.1, -0.05) is 0 Å². The molecule has 17 heavy (non-hydrogen) atoms. The maximum Gasteiger partial charge on any atom is 0.226 e. The molecule has 0 fully saturated rings. The van der Waals surface area contributed by atoms with Gasteiger partial charge in [0.1, 0.15) is 11.5 Å². The Morgan fingerprint density at radius 3 is 2.71 bits per heavy atom. The molecule has 0 aliphatic rings. The van der Waals surface area contributed by atoms with Gasteiger partial charge in [0.15, 0.2) is 0 Å². The van der Waals surface area contributed by atoms with Gasteiger partial charge in [0.2, 0.25) is 5.89 Å². The van der Waals surface area contributed by atoms with Crippen LogP contribution in [0.3, 0.4) is 0 Å². The Bertz CT molecular complexity index is 463. The van der Waals surface area contributed by atoms with Crippen molar-refractivity contribution in [3.63, 3.8) is 0 Å². The van der Waals surface area contributed by atoms with Crippen LogP contribution in [0.4, 0.5) is 0 Å². The van der Waals surface area contributed by atoms with Gasteiger partial charge < -0.3 is 14.9 Å². The van der Waals surface area contributed by atoms with Gasteiger partial charge in [-0.3, -0.25) is 0 Å². The molecule has 0 amide bonds. The molecular formula is C13H16N2O2. The zero-order valence-corrected chi connectivity index (χ0v) is 9.85. The molecule has 0 saturated carbocycles. The maximum atomic E-state index is 5.58. The van der Waals surface area contributed by atoms with E-state index in [4.69, 9.17) is 14.9 Å². The predicted octanol–water partition coefficient (Wildman–Crippen LogP) is 2.24. The fraction of sp³-hybridized carbons (Fsp3) is 0.308. The van der Waals surface area contributed by atoms with Gasteiger partial charge in [-0.15, -0.1) is 0 Å². The van der Waals surface area contributed by atoms with Crippen molar-refractivity contribution in [2.75, 3.05) is 13.2 Å². The fourth-order valence-electron chi connectivity index (χ4n) is 1.56. The molecule has 0 radical (unpaired) electrons. The van der Waals surface area contributed by atoms with Gasteiger partial charge in [0.05, 0.1) is 12.8 Å². The van der Waals surface area contributed by atoms with E-state index in [1.807, 2.05) is 31.2 Å². The summed E-state index contributed by atoms with van der Waals surface area (Å²) in [4.78, 5) is 4.22. The highest BCUT2D eigenvalue weighted by molar-refractivity contribution is 5.54. The average molecular weight is 232 g/mol. The number of hydrogen-bond donors (Lipinski definition) is 1. The lowest BCUT2D eigenvalue weighted by molar-refractivity contribution is 0.340. The van der Waals surface area contributed by atoms with Crippen LogP contribution in [-0.2, 0) is 6.42 Å². The first-order chi connectivity index (χ1) is 8.33.